The van der Waals surface area contributed by atoms with Crippen molar-refractivity contribution < 1.29 is 14.0 Å². The molecule has 0 atom stereocenters. The summed E-state index contributed by atoms with van der Waals surface area (Å²) in [6.07, 6.45) is 9.56. The number of fused-ring (bicyclic) bond motifs is 1. The summed E-state index contributed by atoms with van der Waals surface area (Å²) >= 11 is 0. The Morgan fingerprint density at radius 2 is 1.93 bits per heavy atom. The summed E-state index contributed by atoms with van der Waals surface area (Å²) in [5.74, 6) is 1.58. The first kappa shape index (κ1) is 18.5. The standard InChI is InChI=1S/C22H28N4O3/c1-27-15-21-23-22(29-24-21)25-12-9-17(10-13-25)28-20-8-4-7-19-18(20)11-14-26(19)16-5-2-3-6-16/h4,7-8,11,14,16-17H,2-3,5-6,9-10,12-13,15H2,1H3. The summed E-state index contributed by atoms with van der Waals surface area (Å²) in [6.45, 7) is 2.06. The van der Waals surface area contributed by atoms with Gasteiger partial charge in [0, 0.05) is 50.7 Å². The van der Waals surface area contributed by atoms with E-state index in [-0.39, 0.29) is 6.10 Å². The second-order valence-electron chi connectivity index (χ2n) is 8.08. The van der Waals surface area contributed by atoms with E-state index in [1.165, 1.54) is 36.6 Å². The topological polar surface area (TPSA) is 65.6 Å². The summed E-state index contributed by atoms with van der Waals surface area (Å²) in [5.41, 5.74) is 1.29. The summed E-state index contributed by atoms with van der Waals surface area (Å²) in [6, 6.07) is 9.87. The van der Waals surface area contributed by atoms with Crippen LogP contribution >= 0.6 is 0 Å². The van der Waals surface area contributed by atoms with Crippen LogP contribution in [0.5, 0.6) is 5.75 Å². The molecule has 1 saturated carbocycles. The van der Waals surface area contributed by atoms with Crippen LogP contribution < -0.4 is 9.64 Å². The second-order valence-corrected chi connectivity index (χ2v) is 8.08. The van der Waals surface area contributed by atoms with Crippen molar-refractivity contribution >= 4 is 16.9 Å². The Kier molecular flexibility index (Phi) is 5.14. The van der Waals surface area contributed by atoms with Gasteiger partial charge in [-0.25, -0.2) is 0 Å². The zero-order chi connectivity index (χ0) is 19.6. The van der Waals surface area contributed by atoms with Gasteiger partial charge in [0.15, 0.2) is 5.82 Å². The van der Waals surface area contributed by atoms with E-state index in [1.807, 2.05) is 0 Å². The van der Waals surface area contributed by atoms with Gasteiger partial charge in [-0.1, -0.05) is 24.1 Å². The molecular formula is C22H28N4O3. The maximum Gasteiger partial charge on any atom is 0.324 e. The third kappa shape index (κ3) is 3.71. The number of ether oxygens (including phenoxy) is 2. The minimum atomic E-state index is 0.202. The third-order valence-electron chi connectivity index (χ3n) is 6.18. The van der Waals surface area contributed by atoms with Crippen molar-refractivity contribution in [2.45, 2.75) is 57.3 Å². The molecule has 1 aliphatic heterocycles. The van der Waals surface area contributed by atoms with Gasteiger partial charge in [0.05, 0.1) is 5.52 Å². The van der Waals surface area contributed by atoms with Crippen LogP contribution in [-0.4, -0.2) is 41.0 Å². The van der Waals surface area contributed by atoms with E-state index in [2.05, 4.69) is 50.1 Å². The largest absolute Gasteiger partial charge is 0.490 e. The van der Waals surface area contributed by atoms with Gasteiger partial charge in [0.1, 0.15) is 18.5 Å². The lowest BCUT2D eigenvalue weighted by atomic mass is 10.1. The first-order valence-electron chi connectivity index (χ1n) is 10.6. The maximum atomic E-state index is 6.45. The Morgan fingerprint density at radius 1 is 1.10 bits per heavy atom. The number of aromatic nitrogens is 3. The number of anilines is 1. The molecule has 1 aliphatic carbocycles. The molecule has 29 heavy (non-hydrogen) atoms. The molecule has 2 aliphatic rings. The lowest BCUT2D eigenvalue weighted by Gasteiger charge is -2.31. The Labute approximate surface area is 170 Å². The molecule has 3 heterocycles. The van der Waals surface area contributed by atoms with E-state index >= 15 is 0 Å². The zero-order valence-electron chi connectivity index (χ0n) is 16.9. The van der Waals surface area contributed by atoms with Gasteiger partial charge in [-0.15, -0.1) is 0 Å². The van der Waals surface area contributed by atoms with Crippen LogP contribution in [-0.2, 0) is 11.3 Å². The highest BCUT2D eigenvalue weighted by Gasteiger charge is 2.25. The SMILES string of the molecule is COCc1noc(N2CCC(Oc3cccc4c3ccn4C3CCCC3)CC2)n1. The molecule has 0 unspecified atom stereocenters. The minimum absolute atomic E-state index is 0.202. The third-order valence-corrected chi connectivity index (χ3v) is 6.18. The van der Waals surface area contributed by atoms with Crippen molar-refractivity contribution in [2.75, 3.05) is 25.1 Å². The lowest BCUT2D eigenvalue weighted by Crippen LogP contribution is -2.38. The predicted octanol–water partition coefficient (Wildman–Crippen LogP) is 4.33. The van der Waals surface area contributed by atoms with E-state index in [0.29, 0.717) is 24.5 Å². The Bertz CT molecular complexity index is 952. The Morgan fingerprint density at radius 3 is 2.72 bits per heavy atom. The van der Waals surface area contributed by atoms with E-state index in [4.69, 9.17) is 14.0 Å². The van der Waals surface area contributed by atoms with Gasteiger partial charge < -0.3 is 23.5 Å². The normalized spacial score (nSPS) is 18.7. The van der Waals surface area contributed by atoms with Crippen LogP contribution in [0.25, 0.3) is 10.9 Å². The smallest absolute Gasteiger partial charge is 0.324 e. The van der Waals surface area contributed by atoms with Crippen molar-refractivity contribution in [1.29, 1.82) is 0 Å². The molecular weight excluding hydrogens is 368 g/mol. The Hall–Kier alpha value is -2.54. The van der Waals surface area contributed by atoms with Crippen LogP contribution in [0.2, 0.25) is 0 Å². The Balaban J connectivity index is 1.25. The minimum Gasteiger partial charge on any atom is -0.490 e. The zero-order valence-corrected chi connectivity index (χ0v) is 16.9. The fraction of sp³-hybridized carbons (Fsp3) is 0.545. The van der Waals surface area contributed by atoms with E-state index in [1.54, 1.807) is 7.11 Å². The second kappa shape index (κ2) is 8.06. The molecule has 0 radical (unpaired) electrons. The summed E-state index contributed by atoms with van der Waals surface area (Å²) in [7, 11) is 1.63. The van der Waals surface area contributed by atoms with E-state index in [9.17, 15) is 0 Å². The van der Waals surface area contributed by atoms with Gasteiger partial charge in [-0.05, 0) is 31.0 Å². The van der Waals surface area contributed by atoms with Gasteiger partial charge >= 0.3 is 6.01 Å². The average Bonchev–Trinajstić information content (AvgIpc) is 3.49. The van der Waals surface area contributed by atoms with Gasteiger partial charge in [-0.2, -0.15) is 4.98 Å². The lowest BCUT2D eigenvalue weighted by molar-refractivity contribution is 0.170. The summed E-state index contributed by atoms with van der Waals surface area (Å²) in [5, 5.41) is 5.18. The molecule has 0 N–H and O–H groups in total. The highest BCUT2D eigenvalue weighted by atomic mass is 16.5. The van der Waals surface area contributed by atoms with Crippen molar-refractivity contribution in [2.24, 2.45) is 0 Å². The molecule has 0 bridgehead atoms. The highest BCUT2D eigenvalue weighted by molar-refractivity contribution is 5.86. The molecule has 1 aromatic carbocycles. The summed E-state index contributed by atoms with van der Waals surface area (Å²) in [4.78, 5) is 6.52. The number of methoxy groups -OCH3 is 1. The van der Waals surface area contributed by atoms with E-state index in [0.717, 1.165) is 31.7 Å². The van der Waals surface area contributed by atoms with Crippen LogP contribution in [0.15, 0.2) is 35.0 Å². The molecule has 7 nitrogen and oxygen atoms in total. The maximum absolute atomic E-state index is 6.45. The van der Waals surface area contributed by atoms with Crippen LogP contribution in [0.1, 0.15) is 50.4 Å². The molecule has 1 saturated heterocycles. The van der Waals surface area contributed by atoms with Crippen molar-refractivity contribution in [3.05, 3.63) is 36.3 Å². The fourth-order valence-electron chi connectivity index (χ4n) is 4.67. The monoisotopic (exact) mass is 396 g/mol. The van der Waals surface area contributed by atoms with Crippen LogP contribution in [0, 0.1) is 0 Å². The predicted molar refractivity (Wildman–Crippen MR) is 110 cm³/mol. The fourth-order valence-corrected chi connectivity index (χ4v) is 4.67. The van der Waals surface area contributed by atoms with Crippen molar-refractivity contribution in [1.82, 2.24) is 14.7 Å². The number of benzene rings is 1. The molecule has 7 heteroatoms. The number of hydrogen-bond donors (Lipinski definition) is 0. The number of hydrogen-bond acceptors (Lipinski definition) is 6. The van der Waals surface area contributed by atoms with Crippen molar-refractivity contribution in [3.63, 3.8) is 0 Å². The van der Waals surface area contributed by atoms with Gasteiger partial charge in [-0.3, -0.25) is 0 Å². The molecule has 5 rings (SSSR count). The highest BCUT2D eigenvalue weighted by Crippen LogP contribution is 2.36. The van der Waals surface area contributed by atoms with E-state index < -0.39 is 0 Å². The number of nitrogens with zero attached hydrogens (tertiary/aromatic N) is 4. The molecule has 0 amide bonds. The molecule has 3 aromatic rings. The average molecular weight is 396 g/mol. The first-order chi connectivity index (χ1) is 14.3. The van der Waals surface area contributed by atoms with Gasteiger partial charge in [0.2, 0.25) is 0 Å². The quantitative estimate of drug-likeness (QED) is 0.618. The molecule has 2 aromatic heterocycles. The van der Waals surface area contributed by atoms with Crippen molar-refractivity contribution in [3.8, 4) is 5.75 Å². The molecule has 154 valence electrons. The summed E-state index contributed by atoms with van der Waals surface area (Å²) < 4.78 is 19.3. The molecule has 0 spiro atoms. The van der Waals surface area contributed by atoms with Crippen LogP contribution in [0.4, 0.5) is 6.01 Å². The molecule has 2 fully saturated rings. The number of rotatable bonds is 6. The van der Waals surface area contributed by atoms with Crippen LogP contribution in [0.3, 0.4) is 0 Å². The first-order valence-corrected chi connectivity index (χ1v) is 10.6. The van der Waals surface area contributed by atoms with Gasteiger partial charge in [0.25, 0.3) is 0 Å². The number of piperidine rings is 1.